The van der Waals surface area contributed by atoms with Crippen LogP contribution in [0, 0.1) is 0 Å². The number of rotatable bonds is 2. The first kappa shape index (κ1) is 11.5. The average Bonchev–Trinajstić information content (AvgIpc) is 2.86. The van der Waals surface area contributed by atoms with Crippen LogP contribution >= 0.6 is 0 Å². The van der Waals surface area contributed by atoms with Gasteiger partial charge in [-0.1, -0.05) is 61.0 Å². The Kier molecular flexibility index (Phi) is 3.16. The zero-order valence-electron chi connectivity index (χ0n) is 10.5. The molecular formula is C17H19N. The molecular weight excluding hydrogens is 218 g/mol. The molecule has 1 heteroatoms. The van der Waals surface area contributed by atoms with E-state index in [9.17, 15) is 0 Å². The Balaban J connectivity index is 1.85. The van der Waals surface area contributed by atoms with Crippen molar-refractivity contribution < 1.29 is 0 Å². The summed E-state index contributed by atoms with van der Waals surface area (Å²) in [6.07, 6.45) is 3.68. The first-order valence-corrected chi connectivity index (χ1v) is 6.75. The summed E-state index contributed by atoms with van der Waals surface area (Å²) in [5.74, 6) is 0.565. The van der Waals surface area contributed by atoms with E-state index in [0.717, 1.165) is 0 Å². The number of hydrogen-bond donors (Lipinski definition) is 1. The monoisotopic (exact) mass is 237 g/mol. The number of hydrogen-bond acceptors (Lipinski definition) is 1. The third kappa shape index (κ3) is 2.19. The zero-order chi connectivity index (χ0) is 12.4. The highest BCUT2D eigenvalue weighted by Crippen LogP contribution is 2.34. The van der Waals surface area contributed by atoms with Gasteiger partial charge in [-0.3, -0.25) is 0 Å². The lowest BCUT2D eigenvalue weighted by Crippen LogP contribution is -2.22. The molecule has 92 valence electrons. The van der Waals surface area contributed by atoms with E-state index < -0.39 is 0 Å². The van der Waals surface area contributed by atoms with Gasteiger partial charge in [0.15, 0.2) is 0 Å². The molecule has 0 amide bonds. The fourth-order valence-electron chi connectivity index (χ4n) is 2.96. The zero-order valence-corrected chi connectivity index (χ0v) is 10.5. The minimum atomic E-state index is 0.354. The van der Waals surface area contributed by atoms with Gasteiger partial charge in [0.2, 0.25) is 0 Å². The lowest BCUT2D eigenvalue weighted by Gasteiger charge is -2.16. The van der Waals surface area contributed by atoms with Crippen LogP contribution < -0.4 is 5.73 Å². The molecule has 0 aliphatic heterocycles. The summed E-state index contributed by atoms with van der Waals surface area (Å²) < 4.78 is 0. The molecule has 2 aromatic carbocycles. The second-order valence-corrected chi connectivity index (χ2v) is 5.19. The molecule has 0 bridgehead atoms. The van der Waals surface area contributed by atoms with Crippen molar-refractivity contribution in [3.8, 4) is 11.1 Å². The molecule has 0 spiro atoms. The smallest absolute Gasteiger partial charge is 0.0108 e. The van der Waals surface area contributed by atoms with E-state index in [1.165, 1.54) is 36.0 Å². The van der Waals surface area contributed by atoms with Crippen molar-refractivity contribution in [2.75, 3.05) is 0 Å². The summed E-state index contributed by atoms with van der Waals surface area (Å²) in [5.41, 5.74) is 10.1. The SMILES string of the molecule is NC1CCCC1c1ccc(-c2ccccc2)cc1. The fourth-order valence-corrected chi connectivity index (χ4v) is 2.96. The Morgan fingerprint density at radius 3 is 2.06 bits per heavy atom. The molecule has 1 fully saturated rings. The van der Waals surface area contributed by atoms with Crippen LogP contribution in [0.3, 0.4) is 0 Å². The van der Waals surface area contributed by atoms with Crippen molar-refractivity contribution in [3.63, 3.8) is 0 Å². The summed E-state index contributed by atoms with van der Waals surface area (Å²) >= 11 is 0. The van der Waals surface area contributed by atoms with Crippen molar-refractivity contribution in [1.29, 1.82) is 0 Å². The van der Waals surface area contributed by atoms with E-state index in [1.54, 1.807) is 0 Å². The molecule has 2 atom stereocenters. The van der Waals surface area contributed by atoms with Crippen LogP contribution in [0.4, 0.5) is 0 Å². The second kappa shape index (κ2) is 4.95. The van der Waals surface area contributed by atoms with E-state index in [0.29, 0.717) is 12.0 Å². The van der Waals surface area contributed by atoms with Gasteiger partial charge < -0.3 is 5.73 Å². The summed E-state index contributed by atoms with van der Waals surface area (Å²) in [7, 11) is 0. The summed E-state index contributed by atoms with van der Waals surface area (Å²) in [6.45, 7) is 0. The van der Waals surface area contributed by atoms with Crippen LogP contribution in [0.5, 0.6) is 0 Å². The lowest BCUT2D eigenvalue weighted by atomic mass is 9.93. The minimum Gasteiger partial charge on any atom is -0.327 e. The maximum atomic E-state index is 6.16. The minimum absolute atomic E-state index is 0.354. The molecule has 2 aromatic rings. The maximum Gasteiger partial charge on any atom is 0.0108 e. The molecule has 2 unspecified atom stereocenters. The summed E-state index contributed by atoms with van der Waals surface area (Å²) in [4.78, 5) is 0. The molecule has 3 rings (SSSR count). The average molecular weight is 237 g/mol. The molecule has 0 aromatic heterocycles. The van der Waals surface area contributed by atoms with Gasteiger partial charge in [0.25, 0.3) is 0 Å². The summed E-state index contributed by atoms with van der Waals surface area (Å²) in [6, 6.07) is 19.8. The van der Waals surface area contributed by atoms with Gasteiger partial charge in [-0.25, -0.2) is 0 Å². The first-order chi connectivity index (χ1) is 8.84. The molecule has 1 aliphatic carbocycles. The van der Waals surface area contributed by atoms with Gasteiger partial charge in [-0.2, -0.15) is 0 Å². The van der Waals surface area contributed by atoms with Gasteiger partial charge in [0.05, 0.1) is 0 Å². The van der Waals surface area contributed by atoms with E-state index in [-0.39, 0.29) is 0 Å². The van der Waals surface area contributed by atoms with Crippen LogP contribution in [-0.2, 0) is 0 Å². The second-order valence-electron chi connectivity index (χ2n) is 5.19. The molecule has 0 saturated heterocycles. The normalized spacial score (nSPS) is 23.2. The van der Waals surface area contributed by atoms with E-state index in [4.69, 9.17) is 5.73 Å². The molecule has 0 heterocycles. The Morgan fingerprint density at radius 2 is 1.44 bits per heavy atom. The van der Waals surface area contributed by atoms with Crippen LogP contribution in [0.2, 0.25) is 0 Å². The van der Waals surface area contributed by atoms with E-state index >= 15 is 0 Å². The molecule has 0 radical (unpaired) electrons. The fraction of sp³-hybridized carbons (Fsp3) is 0.294. The predicted molar refractivity (Wildman–Crippen MR) is 76.4 cm³/mol. The maximum absolute atomic E-state index is 6.16. The topological polar surface area (TPSA) is 26.0 Å². The van der Waals surface area contributed by atoms with Gasteiger partial charge in [-0.15, -0.1) is 0 Å². The number of nitrogens with two attached hydrogens (primary N) is 1. The van der Waals surface area contributed by atoms with Crippen molar-refractivity contribution in [2.24, 2.45) is 5.73 Å². The quantitative estimate of drug-likeness (QED) is 0.841. The van der Waals surface area contributed by atoms with Crippen LogP contribution in [-0.4, -0.2) is 6.04 Å². The van der Waals surface area contributed by atoms with Crippen molar-refractivity contribution >= 4 is 0 Å². The Bertz CT molecular complexity index is 501. The Morgan fingerprint density at radius 1 is 0.778 bits per heavy atom. The standard InChI is InChI=1S/C17H19N/c18-17-8-4-7-16(17)15-11-9-14(10-12-15)13-5-2-1-3-6-13/h1-3,5-6,9-12,16-17H,4,7-8,18H2. The van der Waals surface area contributed by atoms with Gasteiger partial charge in [0, 0.05) is 6.04 Å². The molecule has 1 saturated carbocycles. The molecule has 1 aliphatic rings. The van der Waals surface area contributed by atoms with Crippen molar-refractivity contribution in [2.45, 2.75) is 31.2 Å². The highest BCUT2D eigenvalue weighted by atomic mass is 14.7. The third-order valence-electron chi connectivity index (χ3n) is 4.02. The molecule has 18 heavy (non-hydrogen) atoms. The molecule has 1 nitrogen and oxygen atoms in total. The Hall–Kier alpha value is -1.60. The first-order valence-electron chi connectivity index (χ1n) is 6.75. The van der Waals surface area contributed by atoms with Gasteiger partial charge in [0.1, 0.15) is 0 Å². The van der Waals surface area contributed by atoms with Crippen LogP contribution in [0.25, 0.3) is 11.1 Å². The van der Waals surface area contributed by atoms with Crippen molar-refractivity contribution in [3.05, 3.63) is 60.2 Å². The molecule has 2 N–H and O–H groups in total. The predicted octanol–water partition coefficient (Wildman–Crippen LogP) is 3.95. The Labute approximate surface area is 109 Å². The van der Waals surface area contributed by atoms with Gasteiger partial charge in [-0.05, 0) is 35.4 Å². The van der Waals surface area contributed by atoms with E-state index in [1.807, 2.05) is 0 Å². The lowest BCUT2D eigenvalue weighted by molar-refractivity contribution is 0.613. The largest absolute Gasteiger partial charge is 0.327 e. The van der Waals surface area contributed by atoms with Crippen LogP contribution in [0.1, 0.15) is 30.7 Å². The highest BCUT2D eigenvalue weighted by molar-refractivity contribution is 5.63. The van der Waals surface area contributed by atoms with Crippen molar-refractivity contribution in [1.82, 2.24) is 0 Å². The third-order valence-corrected chi connectivity index (χ3v) is 4.02. The van der Waals surface area contributed by atoms with E-state index in [2.05, 4.69) is 54.6 Å². The number of benzene rings is 2. The highest BCUT2D eigenvalue weighted by Gasteiger charge is 2.24. The van der Waals surface area contributed by atoms with Gasteiger partial charge >= 0.3 is 0 Å². The summed E-state index contributed by atoms with van der Waals surface area (Å²) in [5, 5.41) is 0. The van der Waals surface area contributed by atoms with Crippen LogP contribution in [0.15, 0.2) is 54.6 Å².